The van der Waals surface area contributed by atoms with Crippen molar-refractivity contribution in [2.24, 2.45) is 11.8 Å². The molecule has 0 radical (unpaired) electrons. The molecule has 2 atom stereocenters. The van der Waals surface area contributed by atoms with Gasteiger partial charge in [-0.1, -0.05) is 36.6 Å². The Morgan fingerprint density at radius 3 is 2.74 bits per heavy atom. The highest BCUT2D eigenvalue weighted by Gasteiger charge is 2.39. The zero-order chi connectivity index (χ0) is 13.6. The number of fused-ring (bicyclic) bond motifs is 1. The Kier molecular flexibility index (Phi) is 3.11. The summed E-state index contributed by atoms with van der Waals surface area (Å²) in [6.07, 6.45) is 2.31. The number of nitrogens with one attached hydrogen (secondary N) is 1. The van der Waals surface area contributed by atoms with Gasteiger partial charge in [0.05, 0.1) is 4.99 Å². The van der Waals surface area contributed by atoms with Gasteiger partial charge in [0, 0.05) is 22.4 Å². The number of amides is 1. The Morgan fingerprint density at radius 1 is 1.26 bits per heavy atom. The fourth-order valence-electron chi connectivity index (χ4n) is 2.99. The van der Waals surface area contributed by atoms with Crippen LogP contribution < -0.4 is 11.1 Å². The van der Waals surface area contributed by atoms with E-state index in [0.29, 0.717) is 4.99 Å². The predicted molar refractivity (Wildman–Crippen MR) is 83.2 cm³/mol. The summed E-state index contributed by atoms with van der Waals surface area (Å²) in [6.45, 7) is 0. The molecule has 2 aliphatic rings. The molecule has 1 aromatic carbocycles. The molecule has 5 heteroatoms. The summed E-state index contributed by atoms with van der Waals surface area (Å²) in [5.74, 6) is 0.0128. The monoisotopic (exact) mass is 290 g/mol. The highest BCUT2D eigenvalue weighted by molar-refractivity contribution is 7.81. The van der Waals surface area contributed by atoms with Crippen LogP contribution in [0.1, 0.15) is 24.0 Å². The predicted octanol–water partition coefficient (Wildman–Crippen LogP) is 2.01. The molecule has 1 amide bonds. The fourth-order valence-corrected chi connectivity index (χ4v) is 3.65. The van der Waals surface area contributed by atoms with Gasteiger partial charge < -0.3 is 11.1 Å². The number of carbonyl (C=O) groups is 1. The average molecular weight is 290 g/mol. The van der Waals surface area contributed by atoms with Gasteiger partial charge in [-0.3, -0.25) is 4.79 Å². The summed E-state index contributed by atoms with van der Waals surface area (Å²) in [6, 6.07) is 5.80. The van der Waals surface area contributed by atoms with Crippen LogP contribution in [0.5, 0.6) is 0 Å². The Hall–Kier alpha value is -1.33. The van der Waals surface area contributed by atoms with Crippen molar-refractivity contribution in [3.05, 3.63) is 29.3 Å². The standard InChI is InChI=1S/C14H14N2OS2/c15-11-3-1-2-7-9(11)6-10(13(7)19)8-4-5-12(18)16-14(8)17/h1-3,8,10H,4-6,15H2,(H,16,17,18). The Labute approximate surface area is 122 Å². The number of rotatable bonds is 1. The molecule has 98 valence electrons. The minimum atomic E-state index is -0.0778. The number of hydrogen-bond donors (Lipinski definition) is 2. The number of anilines is 1. The molecule has 1 aromatic rings. The van der Waals surface area contributed by atoms with Crippen LogP contribution in [0, 0.1) is 11.8 Å². The van der Waals surface area contributed by atoms with Crippen LogP contribution in [-0.2, 0) is 11.2 Å². The van der Waals surface area contributed by atoms with E-state index in [0.717, 1.165) is 40.9 Å². The van der Waals surface area contributed by atoms with Gasteiger partial charge >= 0.3 is 0 Å². The van der Waals surface area contributed by atoms with E-state index in [1.807, 2.05) is 18.2 Å². The van der Waals surface area contributed by atoms with Gasteiger partial charge in [0.1, 0.15) is 0 Å². The maximum absolute atomic E-state index is 12.1. The zero-order valence-electron chi connectivity index (χ0n) is 10.3. The number of hydrogen-bond acceptors (Lipinski definition) is 4. The molecule has 19 heavy (non-hydrogen) atoms. The first kappa shape index (κ1) is 12.7. The van der Waals surface area contributed by atoms with Crippen LogP contribution in [0.4, 0.5) is 5.69 Å². The molecule has 3 rings (SSSR count). The van der Waals surface area contributed by atoms with E-state index in [1.165, 1.54) is 0 Å². The lowest BCUT2D eigenvalue weighted by Crippen LogP contribution is -2.44. The maximum atomic E-state index is 12.1. The van der Waals surface area contributed by atoms with Crippen molar-refractivity contribution in [3.63, 3.8) is 0 Å². The van der Waals surface area contributed by atoms with Crippen molar-refractivity contribution in [2.75, 3.05) is 5.73 Å². The molecule has 1 saturated heterocycles. The van der Waals surface area contributed by atoms with Crippen molar-refractivity contribution >= 4 is 45.9 Å². The summed E-state index contributed by atoms with van der Waals surface area (Å²) in [5, 5.41) is 2.77. The van der Waals surface area contributed by atoms with Crippen molar-refractivity contribution in [2.45, 2.75) is 19.3 Å². The molecule has 2 unspecified atom stereocenters. The topological polar surface area (TPSA) is 55.1 Å². The summed E-state index contributed by atoms with van der Waals surface area (Å²) in [7, 11) is 0. The third kappa shape index (κ3) is 2.07. The molecule has 0 saturated carbocycles. The lowest BCUT2D eigenvalue weighted by Gasteiger charge is -2.27. The third-order valence-electron chi connectivity index (χ3n) is 4.01. The Balaban J connectivity index is 1.90. The second-order valence-corrected chi connectivity index (χ2v) is 6.04. The van der Waals surface area contributed by atoms with Crippen LogP contribution >= 0.6 is 24.4 Å². The molecule has 3 N–H and O–H groups in total. The van der Waals surface area contributed by atoms with E-state index in [1.54, 1.807) is 0 Å². The molecule has 3 nitrogen and oxygen atoms in total. The van der Waals surface area contributed by atoms with Gasteiger partial charge in [-0.05, 0) is 36.5 Å². The SMILES string of the molecule is Nc1cccc2c1CC(C1CCC(=S)NC1=O)C2=S. The number of benzene rings is 1. The molecule has 0 bridgehead atoms. The molecule has 1 aliphatic carbocycles. The highest BCUT2D eigenvalue weighted by Crippen LogP contribution is 2.38. The van der Waals surface area contributed by atoms with E-state index in [9.17, 15) is 4.79 Å². The van der Waals surface area contributed by atoms with Crippen molar-refractivity contribution < 1.29 is 4.79 Å². The number of thiocarbonyl (C=S) groups is 2. The minimum Gasteiger partial charge on any atom is -0.398 e. The smallest absolute Gasteiger partial charge is 0.228 e. The second kappa shape index (κ2) is 4.65. The second-order valence-electron chi connectivity index (χ2n) is 5.11. The Morgan fingerprint density at radius 2 is 2.05 bits per heavy atom. The van der Waals surface area contributed by atoms with Crippen LogP contribution in [0.2, 0.25) is 0 Å². The summed E-state index contributed by atoms with van der Waals surface area (Å²) >= 11 is 10.6. The molecule has 1 heterocycles. The molecule has 0 aromatic heterocycles. The molecule has 1 fully saturated rings. The van der Waals surface area contributed by atoms with Crippen molar-refractivity contribution in [3.8, 4) is 0 Å². The molecular weight excluding hydrogens is 276 g/mol. The minimum absolute atomic E-state index is 0.00924. The van der Waals surface area contributed by atoms with E-state index in [4.69, 9.17) is 30.2 Å². The summed E-state index contributed by atoms with van der Waals surface area (Å²) in [5.41, 5.74) is 8.91. The molecule has 0 spiro atoms. The number of piperidine rings is 1. The first-order valence-corrected chi connectivity index (χ1v) is 7.15. The van der Waals surface area contributed by atoms with Crippen LogP contribution in [0.15, 0.2) is 18.2 Å². The van der Waals surface area contributed by atoms with Gasteiger partial charge in [0.15, 0.2) is 0 Å². The Bertz CT molecular complexity index is 597. The quantitative estimate of drug-likeness (QED) is 0.614. The maximum Gasteiger partial charge on any atom is 0.228 e. The van der Waals surface area contributed by atoms with E-state index in [-0.39, 0.29) is 17.7 Å². The number of carbonyl (C=O) groups excluding carboxylic acids is 1. The summed E-state index contributed by atoms with van der Waals surface area (Å²) in [4.78, 5) is 13.6. The lowest BCUT2D eigenvalue weighted by molar-refractivity contribution is -0.125. The van der Waals surface area contributed by atoms with Gasteiger partial charge in [-0.2, -0.15) is 0 Å². The first-order valence-electron chi connectivity index (χ1n) is 6.33. The van der Waals surface area contributed by atoms with Crippen LogP contribution in [-0.4, -0.2) is 15.8 Å². The van der Waals surface area contributed by atoms with Gasteiger partial charge in [0.25, 0.3) is 0 Å². The van der Waals surface area contributed by atoms with E-state index in [2.05, 4.69) is 5.32 Å². The highest BCUT2D eigenvalue weighted by atomic mass is 32.1. The van der Waals surface area contributed by atoms with Gasteiger partial charge in [-0.15, -0.1) is 0 Å². The largest absolute Gasteiger partial charge is 0.398 e. The van der Waals surface area contributed by atoms with Crippen molar-refractivity contribution in [1.82, 2.24) is 5.32 Å². The molecule has 1 aliphatic heterocycles. The number of nitrogen functional groups attached to an aromatic ring is 1. The average Bonchev–Trinajstić information content (AvgIpc) is 2.69. The summed E-state index contributed by atoms with van der Waals surface area (Å²) < 4.78 is 0. The van der Waals surface area contributed by atoms with E-state index >= 15 is 0 Å². The lowest BCUT2D eigenvalue weighted by atomic mass is 9.83. The van der Waals surface area contributed by atoms with Crippen LogP contribution in [0.25, 0.3) is 0 Å². The van der Waals surface area contributed by atoms with Crippen molar-refractivity contribution in [1.29, 1.82) is 0 Å². The van der Waals surface area contributed by atoms with Gasteiger partial charge in [0.2, 0.25) is 5.91 Å². The third-order valence-corrected chi connectivity index (χ3v) is 4.83. The normalized spacial score (nSPS) is 26.2. The fraction of sp³-hybridized carbons (Fsp3) is 0.357. The van der Waals surface area contributed by atoms with Crippen LogP contribution in [0.3, 0.4) is 0 Å². The van der Waals surface area contributed by atoms with E-state index < -0.39 is 0 Å². The number of nitrogens with two attached hydrogens (primary N) is 1. The molecular formula is C14H14N2OS2. The van der Waals surface area contributed by atoms with Gasteiger partial charge in [-0.25, -0.2) is 0 Å². The first-order chi connectivity index (χ1) is 9.08. The zero-order valence-corrected chi connectivity index (χ0v) is 11.9.